The second-order valence-electron chi connectivity index (χ2n) is 5.13. The smallest absolute Gasteiger partial charge is 0.119 e. The van der Waals surface area contributed by atoms with Crippen LogP contribution in [0, 0.1) is 12.8 Å². The molecule has 0 atom stereocenters. The summed E-state index contributed by atoms with van der Waals surface area (Å²) in [6.07, 6.45) is 5.39. The van der Waals surface area contributed by atoms with Crippen LogP contribution in [0.4, 0.5) is 0 Å². The van der Waals surface area contributed by atoms with Gasteiger partial charge in [0.15, 0.2) is 0 Å². The van der Waals surface area contributed by atoms with E-state index in [1.165, 1.54) is 31.2 Å². The molecular weight excluding hydrogens is 210 g/mol. The molecule has 2 nitrogen and oxygen atoms in total. The molecule has 1 saturated carbocycles. The fourth-order valence-electron chi connectivity index (χ4n) is 2.55. The van der Waals surface area contributed by atoms with Gasteiger partial charge in [-0.2, -0.15) is 0 Å². The minimum absolute atomic E-state index is 0.422. The molecule has 0 amide bonds. The second kappa shape index (κ2) is 6.06. The molecule has 0 aliphatic heterocycles. The number of ether oxygens (including phenoxy) is 1. The molecule has 17 heavy (non-hydrogen) atoms. The van der Waals surface area contributed by atoms with Crippen LogP contribution in [0.2, 0.25) is 0 Å². The average molecular weight is 233 g/mol. The van der Waals surface area contributed by atoms with Gasteiger partial charge in [0.25, 0.3) is 0 Å². The average Bonchev–Trinajstić information content (AvgIpc) is 2.35. The summed E-state index contributed by atoms with van der Waals surface area (Å²) in [6, 6.07) is 8.38. The van der Waals surface area contributed by atoms with Gasteiger partial charge in [-0.15, -0.1) is 0 Å². The Labute approximate surface area is 104 Å². The maximum atomic E-state index is 6.02. The standard InChI is InChI=1S/C15H23NO/c1-12-3-7-14(8-4-12)17-15-9-5-13(6-10-15)11-16-2/h3-4,7-8,13,15-16H,5-6,9-11H2,1-2H3. The minimum atomic E-state index is 0.422. The van der Waals surface area contributed by atoms with E-state index in [-0.39, 0.29) is 0 Å². The molecule has 0 radical (unpaired) electrons. The lowest BCUT2D eigenvalue weighted by atomic mass is 9.87. The number of aryl methyl sites for hydroxylation is 1. The first-order valence-electron chi connectivity index (χ1n) is 6.66. The second-order valence-corrected chi connectivity index (χ2v) is 5.13. The monoisotopic (exact) mass is 233 g/mol. The third-order valence-electron chi connectivity index (χ3n) is 3.61. The summed E-state index contributed by atoms with van der Waals surface area (Å²) in [5.74, 6) is 1.87. The van der Waals surface area contributed by atoms with E-state index in [4.69, 9.17) is 4.74 Å². The van der Waals surface area contributed by atoms with Gasteiger partial charge in [-0.25, -0.2) is 0 Å². The molecule has 0 unspecified atom stereocenters. The predicted molar refractivity (Wildman–Crippen MR) is 71.5 cm³/mol. The Hall–Kier alpha value is -1.02. The summed E-state index contributed by atoms with van der Waals surface area (Å²) < 4.78 is 6.02. The van der Waals surface area contributed by atoms with Gasteiger partial charge in [-0.3, -0.25) is 0 Å². The van der Waals surface area contributed by atoms with Crippen molar-refractivity contribution < 1.29 is 4.74 Å². The van der Waals surface area contributed by atoms with Crippen LogP contribution in [0.1, 0.15) is 31.2 Å². The van der Waals surface area contributed by atoms with E-state index in [2.05, 4.69) is 36.5 Å². The normalized spacial score (nSPS) is 24.6. The lowest BCUT2D eigenvalue weighted by Gasteiger charge is -2.28. The van der Waals surface area contributed by atoms with E-state index >= 15 is 0 Å². The van der Waals surface area contributed by atoms with Gasteiger partial charge in [-0.1, -0.05) is 17.7 Å². The zero-order valence-corrected chi connectivity index (χ0v) is 10.9. The van der Waals surface area contributed by atoms with E-state index in [9.17, 15) is 0 Å². The van der Waals surface area contributed by atoms with E-state index in [1.807, 2.05) is 7.05 Å². The lowest BCUT2D eigenvalue weighted by molar-refractivity contribution is 0.131. The Kier molecular flexibility index (Phi) is 4.43. The predicted octanol–water partition coefficient (Wildman–Crippen LogP) is 3.15. The molecule has 0 saturated heterocycles. The van der Waals surface area contributed by atoms with Crippen molar-refractivity contribution in [1.29, 1.82) is 0 Å². The molecule has 1 aliphatic carbocycles. The van der Waals surface area contributed by atoms with Crippen molar-refractivity contribution in [3.05, 3.63) is 29.8 Å². The molecule has 0 spiro atoms. The Morgan fingerprint density at radius 1 is 1.12 bits per heavy atom. The highest BCUT2D eigenvalue weighted by molar-refractivity contribution is 5.26. The van der Waals surface area contributed by atoms with Crippen molar-refractivity contribution >= 4 is 0 Å². The van der Waals surface area contributed by atoms with Crippen LogP contribution >= 0.6 is 0 Å². The highest BCUT2D eigenvalue weighted by Crippen LogP contribution is 2.27. The molecule has 1 N–H and O–H groups in total. The molecule has 0 aromatic heterocycles. The molecule has 1 fully saturated rings. The van der Waals surface area contributed by atoms with Crippen molar-refractivity contribution in [2.24, 2.45) is 5.92 Å². The third kappa shape index (κ3) is 3.74. The van der Waals surface area contributed by atoms with Crippen molar-refractivity contribution in [2.45, 2.75) is 38.7 Å². The number of nitrogens with one attached hydrogen (secondary N) is 1. The van der Waals surface area contributed by atoms with Crippen LogP contribution in [0.15, 0.2) is 24.3 Å². The lowest BCUT2D eigenvalue weighted by Crippen LogP contribution is -2.28. The minimum Gasteiger partial charge on any atom is -0.490 e. The van der Waals surface area contributed by atoms with Crippen LogP contribution in [0.5, 0.6) is 5.75 Å². The van der Waals surface area contributed by atoms with Crippen molar-refractivity contribution in [3.8, 4) is 5.75 Å². The summed E-state index contributed by atoms with van der Waals surface area (Å²) in [5, 5.41) is 3.27. The summed E-state index contributed by atoms with van der Waals surface area (Å²) >= 11 is 0. The topological polar surface area (TPSA) is 21.3 Å². The molecule has 0 bridgehead atoms. The SMILES string of the molecule is CNCC1CCC(Oc2ccc(C)cc2)CC1. The van der Waals surface area contributed by atoms with Crippen LogP contribution in [0.25, 0.3) is 0 Å². The fraction of sp³-hybridized carbons (Fsp3) is 0.600. The quantitative estimate of drug-likeness (QED) is 0.862. The molecule has 0 heterocycles. The molecule has 94 valence electrons. The van der Waals surface area contributed by atoms with Gasteiger partial charge in [0.2, 0.25) is 0 Å². The number of benzene rings is 1. The molecule has 1 aliphatic rings. The summed E-state index contributed by atoms with van der Waals surface area (Å²) in [7, 11) is 2.04. The molecular formula is C15H23NO. The Morgan fingerprint density at radius 3 is 2.35 bits per heavy atom. The van der Waals surface area contributed by atoms with Gasteiger partial charge in [0.1, 0.15) is 5.75 Å². The molecule has 1 aromatic rings. The Bertz CT molecular complexity index is 325. The van der Waals surface area contributed by atoms with Gasteiger partial charge in [-0.05, 0) is 64.3 Å². The summed E-state index contributed by atoms with van der Waals surface area (Å²) in [5.41, 5.74) is 1.29. The zero-order chi connectivity index (χ0) is 12.1. The van der Waals surface area contributed by atoms with Gasteiger partial charge >= 0.3 is 0 Å². The van der Waals surface area contributed by atoms with Crippen LogP contribution in [-0.2, 0) is 0 Å². The van der Waals surface area contributed by atoms with Gasteiger partial charge in [0.05, 0.1) is 6.10 Å². The maximum absolute atomic E-state index is 6.02. The van der Waals surface area contributed by atoms with Gasteiger partial charge < -0.3 is 10.1 Å². The highest BCUT2D eigenvalue weighted by atomic mass is 16.5. The number of rotatable bonds is 4. The summed E-state index contributed by atoms with van der Waals surface area (Å²) in [4.78, 5) is 0. The number of hydrogen-bond acceptors (Lipinski definition) is 2. The van der Waals surface area contributed by atoms with Crippen LogP contribution in [0.3, 0.4) is 0 Å². The van der Waals surface area contributed by atoms with Crippen molar-refractivity contribution in [2.75, 3.05) is 13.6 Å². The largest absolute Gasteiger partial charge is 0.490 e. The summed E-state index contributed by atoms with van der Waals surface area (Å²) in [6.45, 7) is 3.25. The Morgan fingerprint density at radius 2 is 1.76 bits per heavy atom. The van der Waals surface area contributed by atoms with Crippen molar-refractivity contribution in [3.63, 3.8) is 0 Å². The van der Waals surface area contributed by atoms with E-state index in [0.29, 0.717) is 6.10 Å². The Balaban J connectivity index is 1.79. The fourth-order valence-corrected chi connectivity index (χ4v) is 2.55. The first-order chi connectivity index (χ1) is 8.28. The van der Waals surface area contributed by atoms with Gasteiger partial charge in [0, 0.05) is 0 Å². The third-order valence-corrected chi connectivity index (χ3v) is 3.61. The van der Waals surface area contributed by atoms with Crippen LogP contribution < -0.4 is 10.1 Å². The van der Waals surface area contributed by atoms with Crippen LogP contribution in [-0.4, -0.2) is 19.7 Å². The van der Waals surface area contributed by atoms with E-state index in [1.54, 1.807) is 0 Å². The first kappa shape index (κ1) is 12.4. The van der Waals surface area contributed by atoms with E-state index < -0.39 is 0 Å². The van der Waals surface area contributed by atoms with E-state index in [0.717, 1.165) is 18.2 Å². The zero-order valence-electron chi connectivity index (χ0n) is 10.9. The molecule has 1 aromatic carbocycles. The first-order valence-corrected chi connectivity index (χ1v) is 6.66. The number of hydrogen-bond donors (Lipinski definition) is 1. The maximum Gasteiger partial charge on any atom is 0.119 e. The highest BCUT2D eigenvalue weighted by Gasteiger charge is 2.21. The molecule has 2 rings (SSSR count). The van der Waals surface area contributed by atoms with Crippen molar-refractivity contribution in [1.82, 2.24) is 5.32 Å². The molecule has 2 heteroatoms.